The van der Waals surface area contributed by atoms with Crippen molar-refractivity contribution in [3.8, 4) is 39.8 Å². The molecule has 436 valence electrons. The van der Waals surface area contributed by atoms with E-state index in [-0.39, 0.29) is 58.4 Å². The first-order chi connectivity index (χ1) is 39.9. The molecule has 0 bridgehead atoms. The Morgan fingerprint density at radius 3 is 2.43 bits per heavy atom. The maximum atomic E-state index is 15.7. The van der Waals surface area contributed by atoms with Crippen LogP contribution in [0.5, 0.6) is 11.5 Å². The topological polar surface area (TPSA) is 206 Å². The standard InChI is InChI=1S/C58H62BF5N10O7S2/c1-39-30-40(2)73-52(39)35-49-12-11-48(74(49)59(73,63)64)8-3-4-9-55(75)68-23-27-80-29-28-79-26-20-56(76)72-24-18-41(19-25-72)16-21-66-37-47-32-44(17-22-67-47)51-34-43(42-6-5-7-46(31-42)58(60,61)62)10-14-54(51)81-53-15-13-50(33-45(53)36-65)83(77,78)71-57-69-38-70-82-57/h5-7,10-15,17,22,30-35,38,41,66H,3-4,8-9,16,18-21,23-29,37H2,1-2H3,(H,68,75)(H,69,70,71). The number of ether oxygens (including phenoxy) is 3. The SMILES string of the molecule is Cc1cc(C)n2c1C=C1C=CC(CCCCC(=O)NCCOCCOCCC(=O)N3CCC(CCNCc4cc(-c5cc(-c6cccc(C(F)(F)F)c6)ccc5Oc5ccc(S(=O)(=O)Nc6ncns6)cc5C#N)ccn4)CC3)=[N+]1[B-]2(F)F. The van der Waals surface area contributed by atoms with Crippen LogP contribution in [0.15, 0.2) is 114 Å². The molecule has 1 fully saturated rings. The summed E-state index contributed by atoms with van der Waals surface area (Å²) in [5.74, 6) is 0.603. The molecular weight excluding hydrogens is 1120 g/mol. The first kappa shape index (κ1) is 60.0. The number of nitrogens with zero attached hydrogens (tertiary/aromatic N) is 7. The van der Waals surface area contributed by atoms with Crippen LogP contribution in [-0.2, 0) is 41.8 Å². The molecule has 6 aromatic rings. The van der Waals surface area contributed by atoms with Gasteiger partial charge in [0.15, 0.2) is 5.70 Å². The van der Waals surface area contributed by atoms with Gasteiger partial charge in [0, 0.05) is 86.2 Å². The molecule has 3 aromatic heterocycles. The van der Waals surface area contributed by atoms with Gasteiger partial charge in [-0.25, -0.2) is 13.4 Å². The van der Waals surface area contributed by atoms with Crippen molar-refractivity contribution in [2.24, 2.45) is 5.92 Å². The summed E-state index contributed by atoms with van der Waals surface area (Å²) in [7, 11) is -4.13. The number of rotatable bonds is 26. The van der Waals surface area contributed by atoms with E-state index in [1.165, 1.54) is 30.6 Å². The maximum absolute atomic E-state index is 15.7. The minimum absolute atomic E-state index is 0.0314. The highest BCUT2D eigenvalue weighted by molar-refractivity contribution is 7.93. The fourth-order valence-electron chi connectivity index (χ4n) is 10.5. The van der Waals surface area contributed by atoms with Gasteiger partial charge in [-0.2, -0.15) is 22.8 Å². The number of piperidine rings is 1. The summed E-state index contributed by atoms with van der Waals surface area (Å²) >= 11 is 0.845. The number of nitrogens with one attached hydrogen (secondary N) is 3. The lowest BCUT2D eigenvalue weighted by molar-refractivity contribution is -0.362. The van der Waals surface area contributed by atoms with Crippen LogP contribution in [0.1, 0.15) is 85.1 Å². The number of alkyl halides is 3. The molecule has 0 unspecified atom stereocenters. The van der Waals surface area contributed by atoms with Gasteiger partial charge in [0.2, 0.25) is 16.9 Å². The molecular formula is C58H62BF5N10O7S2. The van der Waals surface area contributed by atoms with Gasteiger partial charge >= 0.3 is 13.1 Å². The quantitative estimate of drug-likeness (QED) is 0.0264. The number of pyridine rings is 1. The average Bonchev–Trinajstić information content (AvgIpc) is 2.39. The van der Waals surface area contributed by atoms with Crippen LogP contribution >= 0.6 is 11.5 Å². The van der Waals surface area contributed by atoms with Gasteiger partial charge in [-0.05, 0) is 147 Å². The highest BCUT2D eigenvalue weighted by Crippen LogP contribution is 2.40. The van der Waals surface area contributed by atoms with Crippen LogP contribution in [0.3, 0.4) is 0 Å². The summed E-state index contributed by atoms with van der Waals surface area (Å²) in [5, 5.41) is 16.4. The summed E-state index contributed by atoms with van der Waals surface area (Å²) in [6, 6.07) is 21.0. The van der Waals surface area contributed by atoms with E-state index in [4.69, 9.17) is 14.2 Å². The lowest BCUT2D eigenvalue weighted by Gasteiger charge is -2.32. The summed E-state index contributed by atoms with van der Waals surface area (Å²) < 4.78 is 125. The number of sulfonamides is 1. The molecule has 3 aromatic carbocycles. The summed E-state index contributed by atoms with van der Waals surface area (Å²) in [6.07, 6.45) is 8.27. The first-order valence-corrected chi connectivity index (χ1v) is 29.6. The molecule has 0 spiro atoms. The number of allylic oxidation sites excluding steroid dienone is 2. The molecule has 6 heterocycles. The predicted molar refractivity (Wildman–Crippen MR) is 305 cm³/mol. The second kappa shape index (κ2) is 26.7. The Hall–Kier alpha value is -7.63. The van der Waals surface area contributed by atoms with Crippen LogP contribution in [0.4, 0.5) is 26.9 Å². The van der Waals surface area contributed by atoms with E-state index in [9.17, 15) is 36.4 Å². The van der Waals surface area contributed by atoms with E-state index in [0.29, 0.717) is 128 Å². The second-order valence-electron chi connectivity index (χ2n) is 20.4. The highest BCUT2D eigenvalue weighted by atomic mass is 32.2. The zero-order valence-electron chi connectivity index (χ0n) is 45.8. The molecule has 3 aliphatic rings. The number of aryl methyl sites for hydroxylation is 2. The molecule has 3 aliphatic heterocycles. The maximum Gasteiger partial charge on any atom is 0.737 e. The van der Waals surface area contributed by atoms with Crippen molar-refractivity contribution < 1.29 is 58.5 Å². The number of amides is 2. The van der Waals surface area contributed by atoms with E-state index in [1.807, 2.05) is 24.0 Å². The van der Waals surface area contributed by atoms with Crippen molar-refractivity contribution >= 4 is 57.3 Å². The highest BCUT2D eigenvalue weighted by Gasteiger charge is 2.52. The van der Waals surface area contributed by atoms with E-state index >= 15 is 8.63 Å². The number of likely N-dealkylation sites (tertiary alicyclic amines) is 1. The number of nitriles is 1. The number of unbranched alkanes of at least 4 members (excludes halogenated alkanes) is 1. The van der Waals surface area contributed by atoms with E-state index < -0.39 is 28.7 Å². The Balaban J connectivity index is 0.672. The molecule has 0 radical (unpaired) electrons. The monoisotopic (exact) mass is 1180 g/mol. The first-order valence-electron chi connectivity index (χ1n) is 27.3. The number of fused-ring (bicyclic) bond motifs is 2. The van der Waals surface area contributed by atoms with Crippen molar-refractivity contribution in [2.75, 3.05) is 57.3 Å². The average molecular weight is 1180 g/mol. The molecule has 83 heavy (non-hydrogen) atoms. The van der Waals surface area contributed by atoms with E-state index in [1.54, 1.807) is 67.7 Å². The minimum Gasteiger partial charge on any atom is -0.455 e. The van der Waals surface area contributed by atoms with Crippen LogP contribution in [0.25, 0.3) is 28.3 Å². The van der Waals surface area contributed by atoms with Crippen molar-refractivity contribution in [3.63, 3.8) is 0 Å². The minimum atomic E-state index is -4.56. The summed E-state index contributed by atoms with van der Waals surface area (Å²) in [4.78, 5) is 35.5. The van der Waals surface area contributed by atoms with Gasteiger partial charge in [-0.1, -0.05) is 18.2 Å². The van der Waals surface area contributed by atoms with Crippen molar-refractivity contribution in [1.82, 2.24) is 34.4 Å². The molecule has 0 saturated carbocycles. The Labute approximate surface area is 482 Å². The fourth-order valence-corrected chi connectivity index (χ4v) is 12.2. The second-order valence-corrected chi connectivity index (χ2v) is 22.9. The summed E-state index contributed by atoms with van der Waals surface area (Å²) in [6.45, 7) is 3.42. The third-order valence-corrected chi connectivity index (χ3v) is 16.8. The van der Waals surface area contributed by atoms with Crippen molar-refractivity contribution in [3.05, 3.63) is 143 Å². The Bertz CT molecular complexity index is 3580. The Morgan fingerprint density at radius 1 is 0.880 bits per heavy atom. The number of anilines is 1. The van der Waals surface area contributed by atoms with E-state index in [0.717, 1.165) is 57.5 Å². The molecule has 2 amide bonds. The zero-order chi connectivity index (χ0) is 58.7. The number of halogens is 5. The molecule has 17 nitrogen and oxygen atoms in total. The number of hydrogen-bond donors (Lipinski definition) is 3. The van der Waals surface area contributed by atoms with Gasteiger partial charge in [-0.15, -0.1) is 0 Å². The normalized spacial score (nSPS) is 15.0. The third kappa shape index (κ3) is 15.0. The lowest BCUT2D eigenvalue weighted by atomic mass is 9.90. The van der Waals surface area contributed by atoms with Gasteiger partial charge in [0.05, 0.1) is 54.6 Å². The van der Waals surface area contributed by atoms with Gasteiger partial charge < -0.3 is 47.3 Å². The fraction of sp³-hybridized carbons (Fsp3) is 0.362. The predicted octanol–water partition coefficient (Wildman–Crippen LogP) is 10.3. The smallest absolute Gasteiger partial charge is 0.455 e. The molecule has 0 aliphatic carbocycles. The number of benzene rings is 3. The Morgan fingerprint density at radius 2 is 1.66 bits per heavy atom. The largest absolute Gasteiger partial charge is 0.737 e. The van der Waals surface area contributed by atoms with Crippen LogP contribution in [-0.4, -0.2) is 114 Å². The number of carbonyl (C=O) groups excluding carboxylic acids is 2. The van der Waals surface area contributed by atoms with Crippen molar-refractivity contribution in [1.29, 1.82) is 5.26 Å². The van der Waals surface area contributed by atoms with Gasteiger partial charge in [0.25, 0.3) is 10.0 Å². The van der Waals surface area contributed by atoms with Gasteiger partial charge in [0.1, 0.15) is 29.6 Å². The third-order valence-electron chi connectivity index (χ3n) is 14.7. The van der Waals surface area contributed by atoms with Crippen LogP contribution in [0.2, 0.25) is 0 Å². The van der Waals surface area contributed by atoms with E-state index in [2.05, 4.69) is 29.7 Å². The number of aromatic nitrogens is 4. The molecule has 1 saturated heterocycles. The van der Waals surface area contributed by atoms with Crippen molar-refractivity contribution in [2.45, 2.75) is 82.8 Å². The lowest BCUT2D eigenvalue weighted by Crippen LogP contribution is -2.50. The number of carbonyl (C=O) groups is 2. The Kier molecular flexibility index (Phi) is 19.3. The number of hydrogen-bond acceptors (Lipinski definition) is 13. The summed E-state index contributed by atoms with van der Waals surface area (Å²) in [5.41, 5.74) is 4.61. The van der Waals surface area contributed by atoms with Crippen LogP contribution < -0.4 is 20.1 Å². The molecule has 0 atom stereocenters. The van der Waals surface area contributed by atoms with Gasteiger partial charge in [-0.3, -0.25) is 19.3 Å². The molecule has 25 heteroatoms. The zero-order valence-corrected chi connectivity index (χ0v) is 47.4. The van der Waals surface area contributed by atoms with Crippen LogP contribution in [0, 0.1) is 31.1 Å². The molecule has 3 N–H and O–H groups in total. The molecule has 9 rings (SSSR count).